The van der Waals surface area contributed by atoms with E-state index in [1.807, 2.05) is 30.5 Å². The van der Waals surface area contributed by atoms with Crippen LogP contribution in [-0.4, -0.2) is 46.6 Å². The second kappa shape index (κ2) is 6.07. The number of hydrogen-bond acceptors (Lipinski definition) is 3. The summed E-state index contributed by atoms with van der Waals surface area (Å²) in [7, 11) is 1.66. The number of H-pyrrole nitrogens is 1. The van der Waals surface area contributed by atoms with Gasteiger partial charge < -0.3 is 20.7 Å². The van der Waals surface area contributed by atoms with E-state index in [0.29, 0.717) is 6.42 Å². The van der Waals surface area contributed by atoms with Crippen LogP contribution >= 0.6 is 0 Å². The number of carbonyl (C=O) groups excluding carboxylic acids is 1. The highest BCUT2D eigenvalue weighted by atomic mass is 16.3. The normalized spacial score (nSPS) is 14.2. The quantitative estimate of drug-likeness (QED) is 0.757. The molecule has 0 bridgehead atoms. The average molecular weight is 275 g/mol. The summed E-state index contributed by atoms with van der Waals surface area (Å²) < 4.78 is 0. The molecular formula is C15H21N3O2. The summed E-state index contributed by atoms with van der Waals surface area (Å²) in [5, 5.41) is 10.2. The molecule has 0 spiro atoms. The van der Waals surface area contributed by atoms with E-state index in [0.717, 1.165) is 16.5 Å². The van der Waals surface area contributed by atoms with Gasteiger partial charge in [-0.15, -0.1) is 0 Å². The molecule has 2 aromatic rings. The number of aliphatic hydroxyl groups is 1. The van der Waals surface area contributed by atoms with E-state index in [2.05, 4.69) is 4.98 Å². The second-order valence-corrected chi connectivity index (χ2v) is 5.15. The first-order valence-electron chi connectivity index (χ1n) is 6.72. The van der Waals surface area contributed by atoms with Crippen LogP contribution in [-0.2, 0) is 11.2 Å². The number of fused-ring (bicyclic) bond motifs is 1. The van der Waals surface area contributed by atoms with Crippen molar-refractivity contribution in [3.05, 3.63) is 36.0 Å². The third kappa shape index (κ3) is 2.84. The Hall–Kier alpha value is -1.85. The molecule has 2 unspecified atom stereocenters. The zero-order chi connectivity index (χ0) is 14.7. The van der Waals surface area contributed by atoms with E-state index in [1.165, 1.54) is 4.90 Å². The molecule has 20 heavy (non-hydrogen) atoms. The molecule has 5 heteroatoms. The molecule has 1 heterocycles. The second-order valence-electron chi connectivity index (χ2n) is 5.15. The summed E-state index contributed by atoms with van der Waals surface area (Å²) in [5.41, 5.74) is 8.08. The maximum absolute atomic E-state index is 12.2. The minimum absolute atomic E-state index is 0.0674. The highest BCUT2D eigenvalue weighted by Crippen LogP contribution is 2.19. The molecule has 0 radical (unpaired) electrons. The molecule has 0 aliphatic carbocycles. The number of para-hydroxylation sites is 1. The van der Waals surface area contributed by atoms with Crippen molar-refractivity contribution in [1.29, 1.82) is 0 Å². The lowest BCUT2D eigenvalue weighted by molar-refractivity contribution is -0.133. The maximum atomic E-state index is 12.2. The van der Waals surface area contributed by atoms with Gasteiger partial charge in [-0.1, -0.05) is 18.2 Å². The molecule has 0 aliphatic heterocycles. The SMILES string of the molecule is CC(CO)N(C)C(=O)C(N)Cc1c[nH]c2ccccc12. The third-order valence-electron chi connectivity index (χ3n) is 3.70. The molecule has 2 rings (SSSR count). The molecule has 2 atom stereocenters. The van der Waals surface area contributed by atoms with Crippen molar-refractivity contribution in [2.75, 3.05) is 13.7 Å². The molecule has 5 nitrogen and oxygen atoms in total. The number of likely N-dealkylation sites (N-methyl/N-ethyl adjacent to an activating group) is 1. The van der Waals surface area contributed by atoms with Gasteiger partial charge in [0.2, 0.25) is 5.91 Å². The number of nitrogens with one attached hydrogen (secondary N) is 1. The van der Waals surface area contributed by atoms with Gasteiger partial charge >= 0.3 is 0 Å². The molecule has 0 saturated carbocycles. The summed E-state index contributed by atoms with van der Waals surface area (Å²) in [5.74, 6) is -0.156. The number of aromatic nitrogens is 1. The van der Waals surface area contributed by atoms with Crippen LogP contribution in [0, 0.1) is 0 Å². The van der Waals surface area contributed by atoms with Crippen molar-refractivity contribution < 1.29 is 9.90 Å². The molecule has 0 fully saturated rings. The van der Waals surface area contributed by atoms with Crippen LogP contribution in [0.1, 0.15) is 12.5 Å². The fourth-order valence-electron chi connectivity index (χ4n) is 2.23. The summed E-state index contributed by atoms with van der Waals surface area (Å²) in [4.78, 5) is 16.9. The zero-order valence-corrected chi connectivity index (χ0v) is 11.8. The monoisotopic (exact) mass is 275 g/mol. The topological polar surface area (TPSA) is 82.3 Å². The van der Waals surface area contributed by atoms with Crippen LogP contribution in [0.2, 0.25) is 0 Å². The number of carbonyl (C=O) groups is 1. The number of aromatic amines is 1. The van der Waals surface area contributed by atoms with Gasteiger partial charge in [0, 0.05) is 24.1 Å². The Morgan fingerprint density at radius 3 is 2.85 bits per heavy atom. The predicted octanol–water partition coefficient (Wildman–Crippen LogP) is 0.877. The first-order chi connectivity index (χ1) is 9.54. The van der Waals surface area contributed by atoms with Crippen molar-refractivity contribution in [3.8, 4) is 0 Å². The first-order valence-corrected chi connectivity index (χ1v) is 6.72. The van der Waals surface area contributed by atoms with Crippen molar-refractivity contribution in [2.24, 2.45) is 5.73 Å². The Morgan fingerprint density at radius 2 is 2.15 bits per heavy atom. The van der Waals surface area contributed by atoms with Gasteiger partial charge in [0.25, 0.3) is 0 Å². The minimum atomic E-state index is -0.604. The van der Waals surface area contributed by atoms with Crippen LogP contribution < -0.4 is 5.73 Å². The summed E-state index contributed by atoms with van der Waals surface area (Å²) in [6, 6.07) is 7.10. The molecule has 1 aromatic carbocycles. The predicted molar refractivity (Wildman–Crippen MR) is 79.3 cm³/mol. The summed E-state index contributed by atoms with van der Waals surface area (Å²) in [6.45, 7) is 1.72. The van der Waals surface area contributed by atoms with Crippen molar-refractivity contribution >= 4 is 16.8 Å². The van der Waals surface area contributed by atoms with Gasteiger partial charge in [0.05, 0.1) is 18.7 Å². The van der Waals surface area contributed by atoms with Gasteiger partial charge in [-0.3, -0.25) is 4.79 Å². The molecule has 0 saturated heterocycles. The largest absolute Gasteiger partial charge is 0.394 e. The summed E-state index contributed by atoms with van der Waals surface area (Å²) in [6.07, 6.45) is 2.37. The van der Waals surface area contributed by atoms with Crippen molar-refractivity contribution in [3.63, 3.8) is 0 Å². The van der Waals surface area contributed by atoms with Gasteiger partial charge in [0.15, 0.2) is 0 Å². The van der Waals surface area contributed by atoms with E-state index in [-0.39, 0.29) is 18.6 Å². The van der Waals surface area contributed by atoms with Gasteiger partial charge in [0.1, 0.15) is 0 Å². The fraction of sp³-hybridized carbons (Fsp3) is 0.400. The molecular weight excluding hydrogens is 254 g/mol. The Labute approximate surface area is 118 Å². The minimum Gasteiger partial charge on any atom is -0.394 e. The third-order valence-corrected chi connectivity index (χ3v) is 3.70. The highest BCUT2D eigenvalue weighted by Gasteiger charge is 2.22. The lowest BCUT2D eigenvalue weighted by Gasteiger charge is -2.26. The number of hydrogen-bond donors (Lipinski definition) is 3. The number of nitrogens with zero attached hydrogens (tertiary/aromatic N) is 1. The molecule has 0 aliphatic rings. The van der Waals surface area contributed by atoms with Crippen LogP contribution in [0.15, 0.2) is 30.5 Å². The Balaban J connectivity index is 2.11. The van der Waals surface area contributed by atoms with Crippen molar-refractivity contribution in [1.82, 2.24) is 9.88 Å². The smallest absolute Gasteiger partial charge is 0.239 e. The van der Waals surface area contributed by atoms with E-state index >= 15 is 0 Å². The van der Waals surface area contributed by atoms with Gasteiger partial charge in [-0.05, 0) is 25.0 Å². The van der Waals surface area contributed by atoms with Crippen LogP contribution in [0.3, 0.4) is 0 Å². The number of rotatable bonds is 5. The molecule has 108 valence electrons. The summed E-state index contributed by atoms with van der Waals surface area (Å²) >= 11 is 0. The zero-order valence-electron chi connectivity index (χ0n) is 11.8. The van der Waals surface area contributed by atoms with Crippen LogP contribution in [0.4, 0.5) is 0 Å². The van der Waals surface area contributed by atoms with Gasteiger partial charge in [-0.2, -0.15) is 0 Å². The Kier molecular flexibility index (Phi) is 4.42. The standard InChI is InChI=1S/C15H21N3O2/c1-10(9-19)18(2)15(20)13(16)7-11-8-17-14-6-4-3-5-12(11)14/h3-6,8,10,13,17,19H,7,9,16H2,1-2H3. The number of nitrogens with two attached hydrogens (primary N) is 1. The van der Waals surface area contributed by atoms with Crippen molar-refractivity contribution in [2.45, 2.75) is 25.4 Å². The number of aliphatic hydroxyl groups excluding tert-OH is 1. The molecule has 4 N–H and O–H groups in total. The van der Waals surface area contributed by atoms with E-state index in [4.69, 9.17) is 10.8 Å². The lowest BCUT2D eigenvalue weighted by atomic mass is 10.0. The number of benzene rings is 1. The highest BCUT2D eigenvalue weighted by molar-refractivity contribution is 5.86. The molecule has 1 amide bonds. The van der Waals surface area contributed by atoms with Crippen LogP contribution in [0.5, 0.6) is 0 Å². The fourth-order valence-corrected chi connectivity index (χ4v) is 2.23. The Morgan fingerprint density at radius 1 is 1.45 bits per heavy atom. The van der Waals surface area contributed by atoms with Crippen LogP contribution in [0.25, 0.3) is 10.9 Å². The lowest BCUT2D eigenvalue weighted by Crippen LogP contribution is -2.47. The van der Waals surface area contributed by atoms with E-state index < -0.39 is 6.04 Å². The average Bonchev–Trinajstić information content (AvgIpc) is 2.88. The molecule has 1 aromatic heterocycles. The van der Waals surface area contributed by atoms with E-state index in [1.54, 1.807) is 14.0 Å². The first kappa shape index (κ1) is 14.6. The Bertz CT molecular complexity index is 594. The van der Waals surface area contributed by atoms with Gasteiger partial charge in [-0.25, -0.2) is 0 Å². The number of amides is 1. The van der Waals surface area contributed by atoms with E-state index in [9.17, 15) is 4.79 Å². The maximum Gasteiger partial charge on any atom is 0.239 e.